The van der Waals surface area contributed by atoms with Crippen molar-refractivity contribution in [1.82, 2.24) is 4.98 Å². The molecule has 0 aliphatic carbocycles. The maximum Gasteiger partial charge on any atom is 0.573 e. The average molecular weight is 264 g/mol. The largest absolute Gasteiger partial charge is 0.573 e. The lowest BCUT2D eigenvalue weighted by molar-refractivity contribution is -0.274. The maximum absolute atomic E-state index is 12.2. The zero-order valence-corrected chi connectivity index (χ0v) is 9.41. The molecule has 0 aliphatic rings. The van der Waals surface area contributed by atoms with Gasteiger partial charge < -0.3 is 15.6 Å². The molecule has 1 aromatic rings. The van der Waals surface area contributed by atoms with Crippen LogP contribution in [0.1, 0.15) is 17.0 Å². The van der Waals surface area contributed by atoms with Gasteiger partial charge in [-0.3, -0.25) is 9.78 Å². The molecule has 0 aromatic carbocycles. The summed E-state index contributed by atoms with van der Waals surface area (Å²) in [7, 11) is 0. The molecule has 0 saturated heterocycles. The number of pyridine rings is 1. The fraction of sp³-hybridized carbons (Fsp3) is 0.400. The van der Waals surface area contributed by atoms with Gasteiger partial charge in [0.25, 0.3) is 0 Å². The highest BCUT2D eigenvalue weighted by molar-refractivity contribution is 5.70. The summed E-state index contributed by atoms with van der Waals surface area (Å²) in [5.74, 6) is -1.67. The number of nitrogens with two attached hydrogens (primary N) is 1. The van der Waals surface area contributed by atoms with E-state index in [0.29, 0.717) is 0 Å². The number of nitrogens with zero attached hydrogens (tertiary/aromatic N) is 1. The van der Waals surface area contributed by atoms with E-state index >= 15 is 0 Å². The number of hydrogen-bond donors (Lipinski definition) is 2. The molecule has 1 heterocycles. The van der Waals surface area contributed by atoms with Crippen molar-refractivity contribution in [3.05, 3.63) is 23.0 Å². The van der Waals surface area contributed by atoms with Gasteiger partial charge >= 0.3 is 12.3 Å². The van der Waals surface area contributed by atoms with E-state index in [-0.39, 0.29) is 23.5 Å². The van der Waals surface area contributed by atoms with Crippen LogP contribution in [-0.4, -0.2) is 22.4 Å². The molecule has 0 bridgehead atoms. The van der Waals surface area contributed by atoms with Crippen LogP contribution in [0.15, 0.2) is 6.07 Å². The summed E-state index contributed by atoms with van der Waals surface area (Å²) in [5.41, 5.74) is 5.46. The summed E-state index contributed by atoms with van der Waals surface area (Å²) in [6.07, 6.45) is -5.34. The minimum absolute atomic E-state index is 0.00435. The molecule has 0 saturated carbocycles. The van der Waals surface area contributed by atoms with Crippen molar-refractivity contribution in [3.63, 3.8) is 0 Å². The number of hydrogen-bond acceptors (Lipinski definition) is 4. The van der Waals surface area contributed by atoms with E-state index in [1.807, 2.05) is 0 Å². The van der Waals surface area contributed by atoms with Gasteiger partial charge in [-0.1, -0.05) is 0 Å². The summed E-state index contributed by atoms with van der Waals surface area (Å²) in [6, 6.07) is 1.05. The van der Waals surface area contributed by atoms with Crippen LogP contribution in [0, 0.1) is 6.92 Å². The molecule has 100 valence electrons. The molecule has 0 radical (unpaired) electrons. The van der Waals surface area contributed by atoms with E-state index in [1.165, 1.54) is 6.92 Å². The first kappa shape index (κ1) is 14.2. The van der Waals surface area contributed by atoms with E-state index in [1.54, 1.807) is 0 Å². The van der Waals surface area contributed by atoms with E-state index < -0.39 is 24.5 Å². The third-order valence-electron chi connectivity index (χ3n) is 2.13. The average Bonchev–Trinajstić information content (AvgIpc) is 2.21. The third-order valence-corrected chi connectivity index (χ3v) is 2.13. The SMILES string of the molecule is Cc1c(OC(F)(F)F)cc(CN)nc1CC(=O)O. The van der Waals surface area contributed by atoms with Gasteiger partial charge in [-0.25, -0.2) is 0 Å². The molecule has 8 heteroatoms. The van der Waals surface area contributed by atoms with Gasteiger partial charge in [0.2, 0.25) is 0 Å². The number of halogens is 3. The number of carboxylic acid groups (broad SMARTS) is 1. The summed E-state index contributed by atoms with van der Waals surface area (Å²) in [5, 5.41) is 8.64. The normalized spacial score (nSPS) is 11.4. The van der Waals surface area contributed by atoms with Crippen molar-refractivity contribution in [2.75, 3.05) is 0 Å². The zero-order chi connectivity index (χ0) is 13.9. The number of rotatable bonds is 4. The van der Waals surface area contributed by atoms with Crippen LogP contribution >= 0.6 is 0 Å². The molecule has 0 atom stereocenters. The summed E-state index contributed by atoms with van der Waals surface area (Å²) < 4.78 is 40.3. The second-order valence-electron chi connectivity index (χ2n) is 3.51. The molecule has 1 rings (SSSR count). The van der Waals surface area contributed by atoms with Crippen LogP contribution in [-0.2, 0) is 17.8 Å². The van der Waals surface area contributed by atoms with E-state index in [2.05, 4.69) is 9.72 Å². The maximum atomic E-state index is 12.2. The standard InChI is InChI=1S/C10H11F3N2O3/c1-5-7(3-9(16)17)15-6(4-14)2-8(5)18-10(11,12)13/h2H,3-4,14H2,1H3,(H,16,17). The van der Waals surface area contributed by atoms with Crippen LogP contribution in [0.2, 0.25) is 0 Å². The van der Waals surface area contributed by atoms with Gasteiger partial charge in [0, 0.05) is 18.2 Å². The zero-order valence-electron chi connectivity index (χ0n) is 9.41. The number of aromatic nitrogens is 1. The Balaban J connectivity index is 3.20. The second kappa shape index (κ2) is 5.21. The number of carbonyl (C=O) groups is 1. The van der Waals surface area contributed by atoms with Crippen molar-refractivity contribution in [2.45, 2.75) is 26.3 Å². The van der Waals surface area contributed by atoms with Crippen molar-refractivity contribution in [1.29, 1.82) is 0 Å². The quantitative estimate of drug-likeness (QED) is 0.857. The van der Waals surface area contributed by atoms with Gasteiger partial charge in [0.15, 0.2) is 0 Å². The fourth-order valence-corrected chi connectivity index (χ4v) is 1.34. The molecular weight excluding hydrogens is 253 g/mol. The molecule has 0 spiro atoms. The van der Waals surface area contributed by atoms with Crippen LogP contribution in [0.25, 0.3) is 0 Å². The first-order valence-electron chi connectivity index (χ1n) is 4.90. The molecule has 1 aromatic heterocycles. The van der Waals surface area contributed by atoms with E-state index in [9.17, 15) is 18.0 Å². The van der Waals surface area contributed by atoms with E-state index in [0.717, 1.165) is 6.07 Å². The Hall–Kier alpha value is -1.83. The Labute approximate surface area is 100 Å². The van der Waals surface area contributed by atoms with Crippen LogP contribution in [0.5, 0.6) is 5.75 Å². The van der Waals surface area contributed by atoms with Crippen molar-refractivity contribution < 1.29 is 27.8 Å². The minimum Gasteiger partial charge on any atom is -0.481 e. The minimum atomic E-state index is -4.85. The number of ether oxygens (including phenoxy) is 1. The molecule has 3 N–H and O–H groups in total. The Morgan fingerprint density at radius 2 is 2.17 bits per heavy atom. The Morgan fingerprint density at radius 1 is 1.56 bits per heavy atom. The van der Waals surface area contributed by atoms with Gasteiger partial charge in [-0.2, -0.15) is 0 Å². The molecule has 0 unspecified atom stereocenters. The van der Waals surface area contributed by atoms with Crippen molar-refractivity contribution >= 4 is 5.97 Å². The van der Waals surface area contributed by atoms with Crippen molar-refractivity contribution in [2.24, 2.45) is 5.73 Å². The molecule has 0 aliphatic heterocycles. The highest BCUT2D eigenvalue weighted by Gasteiger charge is 2.32. The molecule has 0 amide bonds. The van der Waals surface area contributed by atoms with Gasteiger partial charge in [-0.05, 0) is 6.92 Å². The van der Waals surface area contributed by atoms with Gasteiger partial charge in [0.1, 0.15) is 5.75 Å². The Kier molecular flexibility index (Phi) is 4.12. The summed E-state index contributed by atoms with van der Waals surface area (Å²) in [6.45, 7) is 1.20. The van der Waals surface area contributed by atoms with Crippen LogP contribution in [0.3, 0.4) is 0 Å². The monoisotopic (exact) mass is 264 g/mol. The molecule has 0 fully saturated rings. The van der Waals surface area contributed by atoms with Crippen LogP contribution < -0.4 is 10.5 Å². The Morgan fingerprint density at radius 3 is 2.61 bits per heavy atom. The highest BCUT2D eigenvalue weighted by Crippen LogP contribution is 2.28. The van der Waals surface area contributed by atoms with Gasteiger partial charge in [0.05, 0.1) is 17.8 Å². The topological polar surface area (TPSA) is 85.4 Å². The van der Waals surface area contributed by atoms with E-state index in [4.69, 9.17) is 10.8 Å². The lowest BCUT2D eigenvalue weighted by Gasteiger charge is -2.14. The lowest BCUT2D eigenvalue weighted by Crippen LogP contribution is -2.19. The molecule has 18 heavy (non-hydrogen) atoms. The second-order valence-corrected chi connectivity index (χ2v) is 3.51. The first-order chi connectivity index (χ1) is 8.23. The predicted octanol–water partition coefficient (Wildman–Crippen LogP) is 1.37. The fourth-order valence-electron chi connectivity index (χ4n) is 1.34. The Bertz CT molecular complexity index is 460. The summed E-state index contributed by atoms with van der Waals surface area (Å²) >= 11 is 0. The number of carboxylic acids is 1. The molecule has 5 nitrogen and oxygen atoms in total. The predicted molar refractivity (Wildman–Crippen MR) is 54.9 cm³/mol. The van der Waals surface area contributed by atoms with Crippen LogP contribution in [0.4, 0.5) is 13.2 Å². The van der Waals surface area contributed by atoms with Crippen molar-refractivity contribution in [3.8, 4) is 5.75 Å². The smallest absolute Gasteiger partial charge is 0.481 e. The lowest BCUT2D eigenvalue weighted by atomic mass is 10.1. The number of aliphatic carboxylic acids is 1. The number of alkyl halides is 3. The third kappa shape index (κ3) is 3.88. The van der Waals surface area contributed by atoms with Gasteiger partial charge in [-0.15, -0.1) is 13.2 Å². The summed E-state index contributed by atoms with van der Waals surface area (Å²) in [4.78, 5) is 14.5. The highest BCUT2D eigenvalue weighted by atomic mass is 19.4. The molecular formula is C10H11F3N2O3. The first-order valence-corrected chi connectivity index (χ1v) is 4.90.